The fraction of sp³-hybridized carbons (Fsp3) is 0.889. The minimum absolute atomic E-state index is 0.275. The van der Waals surface area contributed by atoms with E-state index in [1.165, 1.54) is 0 Å². The van der Waals surface area contributed by atoms with Crippen molar-refractivity contribution in [2.24, 2.45) is 5.41 Å². The zero-order valence-electron chi connectivity index (χ0n) is 7.67. The van der Waals surface area contributed by atoms with E-state index >= 15 is 0 Å². The quantitative estimate of drug-likeness (QED) is 0.689. The molecule has 3 heteroatoms. The molecule has 0 heterocycles. The summed E-state index contributed by atoms with van der Waals surface area (Å²) < 4.78 is 5.17. The SMILES string of the molecule is COC1CCC(C)(C(=O)O)CC1. The molecule has 0 saturated heterocycles. The van der Waals surface area contributed by atoms with Crippen LogP contribution in [-0.2, 0) is 9.53 Å². The van der Waals surface area contributed by atoms with Gasteiger partial charge in [-0.1, -0.05) is 0 Å². The lowest BCUT2D eigenvalue weighted by molar-refractivity contribution is -0.151. The predicted octanol–water partition coefficient (Wildman–Crippen LogP) is 1.67. The van der Waals surface area contributed by atoms with Gasteiger partial charge in [0, 0.05) is 7.11 Å². The molecule has 0 aromatic carbocycles. The van der Waals surface area contributed by atoms with Crippen molar-refractivity contribution >= 4 is 5.97 Å². The Morgan fingerprint density at radius 2 is 2.00 bits per heavy atom. The summed E-state index contributed by atoms with van der Waals surface area (Å²) >= 11 is 0. The van der Waals surface area contributed by atoms with E-state index in [0.29, 0.717) is 0 Å². The second kappa shape index (κ2) is 3.44. The highest BCUT2D eigenvalue weighted by molar-refractivity contribution is 5.74. The van der Waals surface area contributed by atoms with Gasteiger partial charge in [0.05, 0.1) is 11.5 Å². The van der Waals surface area contributed by atoms with Crippen molar-refractivity contribution in [3.63, 3.8) is 0 Å². The van der Waals surface area contributed by atoms with Gasteiger partial charge in [0.2, 0.25) is 0 Å². The number of methoxy groups -OCH3 is 1. The van der Waals surface area contributed by atoms with Gasteiger partial charge in [0.15, 0.2) is 0 Å². The Morgan fingerprint density at radius 3 is 2.33 bits per heavy atom. The third kappa shape index (κ3) is 1.78. The lowest BCUT2D eigenvalue weighted by Gasteiger charge is -2.32. The summed E-state index contributed by atoms with van der Waals surface area (Å²) in [7, 11) is 1.69. The molecule has 1 saturated carbocycles. The van der Waals surface area contributed by atoms with Gasteiger partial charge in [-0.15, -0.1) is 0 Å². The molecule has 0 aromatic heterocycles. The topological polar surface area (TPSA) is 46.5 Å². The van der Waals surface area contributed by atoms with Gasteiger partial charge >= 0.3 is 5.97 Å². The van der Waals surface area contributed by atoms with Gasteiger partial charge in [0.25, 0.3) is 0 Å². The van der Waals surface area contributed by atoms with Gasteiger partial charge in [-0.05, 0) is 32.6 Å². The maximum absolute atomic E-state index is 10.8. The Balaban J connectivity index is 2.49. The molecule has 0 atom stereocenters. The molecule has 0 aliphatic heterocycles. The standard InChI is InChI=1S/C9H16O3/c1-9(8(10)11)5-3-7(12-2)4-6-9/h7H,3-6H2,1-2H3,(H,10,11). The number of carboxylic acid groups (broad SMARTS) is 1. The van der Waals surface area contributed by atoms with E-state index in [9.17, 15) is 4.79 Å². The zero-order chi connectivity index (χ0) is 9.19. The highest BCUT2D eigenvalue weighted by Crippen LogP contribution is 2.36. The van der Waals surface area contributed by atoms with Crippen LogP contribution in [0.15, 0.2) is 0 Å². The second-order valence-corrected chi connectivity index (χ2v) is 3.80. The van der Waals surface area contributed by atoms with Crippen molar-refractivity contribution in [2.45, 2.75) is 38.7 Å². The molecule has 0 bridgehead atoms. The largest absolute Gasteiger partial charge is 0.481 e. The van der Waals surface area contributed by atoms with Crippen molar-refractivity contribution < 1.29 is 14.6 Å². The van der Waals surface area contributed by atoms with Crippen LogP contribution in [-0.4, -0.2) is 24.3 Å². The number of aliphatic carboxylic acids is 1. The van der Waals surface area contributed by atoms with Crippen LogP contribution in [0.1, 0.15) is 32.6 Å². The fourth-order valence-electron chi connectivity index (χ4n) is 1.68. The van der Waals surface area contributed by atoms with Gasteiger partial charge in [-0.3, -0.25) is 4.79 Å². The molecular formula is C9H16O3. The van der Waals surface area contributed by atoms with E-state index in [4.69, 9.17) is 9.84 Å². The molecule has 3 nitrogen and oxygen atoms in total. The van der Waals surface area contributed by atoms with Crippen LogP contribution in [0.3, 0.4) is 0 Å². The molecule has 1 aliphatic rings. The number of ether oxygens (including phenoxy) is 1. The molecule has 1 fully saturated rings. The Labute approximate surface area is 72.7 Å². The summed E-state index contributed by atoms with van der Waals surface area (Å²) in [4.78, 5) is 10.8. The molecule has 1 aliphatic carbocycles. The lowest BCUT2D eigenvalue weighted by atomic mass is 9.75. The van der Waals surface area contributed by atoms with Gasteiger partial charge in [-0.25, -0.2) is 0 Å². The molecule has 0 amide bonds. The number of rotatable bonds is 2. The summed E-state index contributed by atoms with van der Waals surface area (Å²) in [6.45, 7) is 1.82. The monoisotopic (exact) mass is 172 g/mol. The first-order valence-corrected chi connectivity index (χ1v) is 4.35. The van der Waals surface area contributed by atoms with E-state index in [1.807, 2.05) is 6.92 Å². The maximum atomic E-state index is 10.8. The number of hydrogen-bond donors (Lipinski definition) is 1. The van der Waals surface area contributed by atoms with Crippen LogP contribution in [0.4, 0.5) is 0 Å². The molecule has 0 unspecified atom stereocenters. The van der Waals surface area contributed by atoms with Crippen molar-refractivity contribution in [2.75, 3.05) is 7.11 Å². The van der Waals surface area contributed by atoms with Crippen molar-refractivity contribution in [1.82, 2.24) is 0 Å². The molecule has 0 radical (unpaired) electrons. The highest BCUT2D eigenvalue weighted by Gasteiger charge is 2.37. The van der Waals surface area contributed by atoms with Gasteiger partial charge in [0.1, 0.15) is 0 Å². The van der Waals surface area contributed by atoms with Crippen LogP contribution in [0.25, 0.3) is 0 Å². The zero-order valence-corrected chi connectivity index (χ0v) is 7.67. The molecule has 1 rings (SSSR count). The minimum Gasteiger partial charge on any atom is -0.481 e. The maximum Gasteiger partial charge on any atom is 0.309 e. The molecule has 0 spiro atoms. The second-order valence-electron chi connectivity index (χ2n) is 3.80. The predicted molar refractivity (Wildman–Crippen MR) is 45.0 cm³/mol. The Kier molecular flexibility index (Phi) is 2.73. The Hall–Kier alpha value is -0.570. The number of hydrogen-bond acceptors (Lipinski definition) is 2. The van der Waals surface area contributed by atoms with Gasteiger partial charge < -0.3 is 9.84 Å². The van der Waals surface area contributed by atoms with Crippen molar-refractivity contribution in [3.8, 4) is 0 Å². The third-order valence-electron chi connectivity index (χ3n) is 2.89. The summed E-state index contributed by atoms with van der Waals surface area (Å²) in [5, 5.41) is 8.92. The number of carboxylic acids is 1. The minimum atomic E-state index is -0.669. The highest BCUT2D eigenvalue weighted by atomic mass is 16.5. The summed E-state index contributed by atoms with van der Waals surface area (Å²) in [5.74, 6) is -0.669. The third-order valence-corrected chi connectivity index (χ3v) is 2.89. The Morgan fingerprint density at radius 1 is 1.50 bits per heavy atom. The van der Waals surface area contributed by atoms with Crippen LogP contribution in [0, 0.1) is 5.41 Å². The molecular weight excluding hydrogens is 156 g/mol. The van der Waals surface area contributed by atoms with Crippen molar-refractivity contribution in [1.29, 1.82) is 0 Å². The van der Waals surface area contributed by atoms with E-state index in [0.717, 1.165) is 25.7 Å². The Bertz CT molecular complexity index is 169. The van der Waals surface area contributed by atoms with Crippen molar-refractivity contribution in [3.05, 3.63) is 0 Å². The van der Waals surface area contributed by atoms with Crippen LogP contribution in [0.5, 0.6) is 0 Å². The fourth-order valence-corrected chi connectivity index (χ4v) is 1.68. The first kappa shape index (κ1) is 9.52. The lowest BCUT2D eigenvalue weighted by Crippen LogP contribution is -2.34. The number of carbonyl (C=O) groups is 1. The molecule has 1 N–H and O–H groups in total. The average Bonchev–Trinajstić information content (AvgIpc) is 2.06. The first-order chi connectivity index (χ1) is 5.58. The van der Waals surface area contributed by atoms with Gasteiger partial charge in [-0.2, -0.15) is 0 Å². The van der Waals surface area contributed by atoms with Crippen LogP contribution < -0.4 is 0 Å². The van der Waals surface area contributed by atoms with E-state index in [2.05, 4.69) is 0 Å². The normalized spacial score (nSPS) is 36.3. The summed E-state index contributed by atoms with van der Waals surface area (Å²) in [5.41, 5.74) is -0.505. The molecule has 0 aromatic rings. The van der Waals surface area contributed by atoms with E-state index in [-0.39, 0.29) is 6.10 Å². The van der Waals surface area contributed by atoms with Crippen LogP contribution >= 0.6 is 0 Å². The molecule has 12 heavy (non-hydrogen) atoms. The van der Waals surface area contributed by atoms with E-state index < -0.39 is 11.4 Å². The summed E-state index contributed by atoms with van der Waals surface area (Å²) in [6.07, 6.45) is 3.50. The van der Waals surface area contributed by atoms with Crippen LogP contribution in [0.2, 0.25) is 0 Å². The first-order valence-electron chi connectivity index (χ1n) is 4.35. The molecule has 70 valence electrons. The average molecular weight is 172 g/mol. The smallest absolute Gasteiger partial charge is 0.309 e. The van der Waals surface area contributed by atoms with E-state index in [1.54, 1.807) is 7.11 Å². The summed E-state index contributed by atoms with van der Waals surface area (Å²) in [6, 6.07) is 0.